The lowest BCUT2D eigenvalue weighted by Crippen LogP contribution is -2.42. The molecule has 0 atom stereocenters. The molecule has 5 nitrogen and oxygen atoms in total. The van der Waals surface area contributed by atoms with Gasteiger partial charge in [-0.15, -0.1) is 0 Å². The predicted molar refractivity (Wildman–Crippen MR) is 116 cm³/mol. The maximum Gasteiger partial charge on any atom is 0.233 e. The fourth-order valence-corrected chi connectivity index (χ4v) is 4.47. The molecule has 2 aromatic carbocycles. The van der Waals surface area contributed by atoms with E-state index in [4.69, 9.17) is 4.74 Å². The summed E-state index contributed by atoms with van der Waals surface area (Å²) in [5, 5.41) is 0.771. The van der Waals surface area contributed by atoms with Crippen LogP contribution in [0.5, 0.6) is 5.75 Å². The molecule has 3 aromatic rings. The summed E-state index contributed by atoms with van der Waals surface area (Å²) in [5.41, 5.74) is 2.18. The lowest BCUT2D eigenvalue weighted by Gasteiger charge is -2.32. The maximum atomic E-state index is 13.8. The van der Waals surface area contributed by atoms with E-state index in [0.717, 1.165) is 22.5 Å². The van der Waals surface area contributed by atoms with Gasteiger partial charge in [0, 0.05) is 44.4 Å². The van der Waals surface area contributed by atoms with E-state index in [2.05, 4.69) is 4.98 Å². The van der Waals surface area contributed by atoms with E-state index < -0.39 is 11.6 Å². The number of rotatable bonds is 6. The molecule has 1 aromatic heterocycles. The van der Waals surface area contributed by atoms with Gasteiger partial charge in [0.1, 0.15) is 11.9 Å². The van der Waals surface area contributed by atoms with Crippen LogP contribution >= 0.6 is 11.8 Å². The summed E-state index contributed by atoms with van der Waals surface area (Å²) in [6.07, 6.45) is 4.64. The number of aryl methyl sites for hydroxylation is 1. The van der Waals surface area contributed by atoms with Gasteiger partial charge < -0.3 is 9.64 Å². The molecule has 162 valence electrons. The van der Waals surface area contributed by atoms with Crippen LogP contribution in [-0.2, 0) is 4.79 Å². The standard InChI is InChI=1S/C23H23F2N3O2S/c1-16-4-2-3-5-20(16)28-13-10-26-23(28)31-15-22(29)27-11-8-18(9-12-27)30-21-7-6-17(24)14-19(21)25/h2-7,10,13-14,18H,8-9,11-12,15H2,1H3. The summed E-state index contributed by atoms with van der Waals surface area (Å²) < 4.78 is 34.5. The number of nitrogens with zero attached hydrogens (tertiary/aromatic N) is 3. The maximum absolute atomic E-state index is 13.8. The second kappa shape index (κ2) is 9.51. The van der Waals surface area contributed by atoms with Gasteiger partial charge in [0.2, 0.25) is 5.91 Å². The molecule has 1 aliphatic heterocycles. The van der Waals surface area contributed by atoms with Crippen LogP contribution in [0.4, 0.5) is 8.78 Å². The first kappa shape index (κ1) is 21.4. The number of imidazole rings is 1. The van der Waals surface area contributed by atoms with Crippen LogP contribution in [0.2, 0.25) is 0 Å². The molecule has 4 rings (SSSR count). The van der Waals surface area contributed by atoms with Crippen LogP contribution in [0.25, 0.3) is 5.69 Å². The lowest BCUT2D eigenvalue weighted by molar-refractivity contribution is -0.130. The zero-order chi connectivity index (χ0) is 21.8. The molecule has 0 radical (unpaired) electrons. The number of thioether (sulfide) groups is 1. The number of hydrogen-bond acceptors (Lipinski definition) is 4. The molecular formula is C23H23F2N3O2S. The number of aromatic nitrogens is 2. The van der Waals surface area contributed by atoms with Crippen molar-refractivity contribution >= 4 is 17.7 Å². The van der Waals surface area contributed by atoms with Gasteiger partial charge in [0.15, 0.2) is 16.7 Å². The molecule has 1 aliphatic rings. The monoisotopic (exact) mass is 443 g/mol. The van der Waals surface area contributed by atoms with Gasteiger partial charge >= 0.3 is 0 Å². The number of carbonyl (C=O) groups is 1. The number of halogens is 2. The Bertz CT molecular complexity index is 1060. The molecule has 0 saturated carbocycles. The highest BCUT2D eigenvalue weighted by atomic mass is 32.2. The van der Waals surface area contributed by atoms with Crippen molar-refractivity contribution in [1.29, 1.82) is 0 Å². The van der Waals surface area contributed by atoms with Crippen LogP contribution in [0.3, 0.4) is 0 Å². The zero-order valence-corrected chi connectivity index (χ0v) is 17.9. The van der Waals surface area contributed by atoms with Gasteiger partial charge in [-0.3, -0.25) is 9.36 Å². The molecule has 8 heteroatoms. The highest BCUT2D eigenvalue weighted by Crippen LogP contribution is 2.25. The SMILES string of the molecule is Cc1ccccc1-n1ccnc1SCC(=O)N1CCC(Oc2ccc(F)cc2F)CC1. The van der Waals surface area contributed by atoms with Gasteiger partial charge in [0.05, 0.1) is 11.4 Å². The van der Waals surface area contributed by atoms with E-state index in [9.17, 15) is 13.6 Å². The Labute approximate surface area is 184 Å². The second-order valence-electron chi connectivity index (χ2n) is 7.43. The fraction of sp³-hybridized carbons (Fsp3) is 0.304. The highest BCUT2D eigenvalue weighted by Gasteiger charge is 2.25. The topological polar surface area (TPSA) is 47.4 Å². The number of hydrogen-bond donors (Lipinski definition) is 0. The summed E-state index contributed by atoms with van der Waals surface area (Å²) in [6.45, 7) is 3.12. The van der Waals surface area contributed by atoms with E-state index >= 15 is 0 Å². The Morgan fingerprint density at radius 3 is 2.71 bits per heavy atom. The minimum Gasteiger partial charge on any atom is -0.487 e. The largest absolute Gasteiger partial charge is 0.487 e. The van der Waals surface area contributed by atoms with Gasteiger partial charge in [0.25, 0.3) is 0 Å². The van der Waals surface area contributed by atoms with E-state index in [1.165, 1.54) is 23.9 Å². The van der Waals surface area contributed by atoms with E-state index in [0.29, 0.717) is 31.7 Å². The van der Waals surface area contributed by atoms with Crippen LogP contribution in [0, 0.1) is 18.6 Å². The number of benzene rings is 2. The first-order chi connectivity index (χ1) is 15.0. The van der Waals surface area contributed by atoms with Crippen LogP contribution < -0.4 is 4.74 Å². The first-order valence-electron chi connectivity index (χ1n) is 10.1. The predicted octanol–water partition coefficient (Wildman–Crippen LogP) is 4.62. The Balaban J connectivity index is 1.29. The van der Waals surface area contributed by atoms with Gasteiger partial charge in [-0.05, 0) is 30.7 Å². The molecule has 0 aliphatic carbocycles. The molecule has 0 unspecified atom stereocenters. The smallest absolute Gasteiger partial charge is 0.233 e. The van der Waals surface area contributed by atoms with E-state index in [1.807, 2.05) is 42.0 Å². The quantitative estimate of drug-likeness (QED) is 0.522. The average molecular weight is 444 g/mol. The molecule has 1 saturated heterocycles. The van der Waals surface area contributed by atoms with Gasteiger partial charge in [-0.1, -0.05) is 30.0 Å². The number of piperidine rings is 1. The third-order valence-corrected chi connectivity index (χ3v) is 6.24. The van der Waals surface area contributed by atoms with Crippen LogP contribution in [0.15, 0.2) is 60.0 Å². The average Bonchev–Trinajstić information content (AvgIpc) is 3.23. The van der Waals surface area contributed by atoms with E-state index in [1.54, 1.807) is 11.1 Å². The highest BCUT2D eigenvalue weighted by molar-refractivity contribution is 7.99. The van der Waals surface area contributed by atoms with Crippen LogP contribution in [0.1, 0.15) is 18.4 Å². The molecule has 1 fully saturated rings. The number of carbonyl (C=O) groups excluding carboxylic acids is 1. The van der Waals surface area contributed by atoms with Crippen molar-refractivity contribution in [2.75, 3.05) is 18.8 Å². The molecule has 0 N–H and O–H groups in total. The Kier molecular flexibility index (Phi) is 6.56. The van der Waals surface area contributed by atoms with E-state index in [-0.39, 0.29) is 17.8 Å². The summed E-state index contributed by atoms with van der Waals surface area (Å²) >= 11 is 1.41. The van der Waals surface area contributed by atoms with Gasteiger partial charge in [-0.2, -0.15) is 0 Å². The van der Waals surface area contributed by atoms with Crippen molar-refractivity contribution in [2.24, 2.45) is 0 Å². The van der Waals surface area contributed by atoms with Crippen molar-refractivity contribution in [2.45, 2.75) is 31.0 Å². The number of para-hydroxylation sites is 1. The Morgan fingerprint density at radius 1 is 1.19 bits per heavy atom. The second-order valence-corrected chi connectivity index (χ2v) is 8.37. The first-order valence-corrected chi connectivity index (χ1v) is 11.1. The summed E-state index contributed by atoms with van der Waals surface area (Å²) in [5.74, 6) is -0.966. The third kappa shape index (κ3) is 5.07. The summed E-state index contributed by atoms with van der Waals surface area (Å²) in [4.78, 5) is 18.9. The lowest BCUT2D eigenvalue weighted by atomic mass is 10.1. The third-order valence-electron chi connectivity index (χ3n) is 5.29. The minimum absolute atomic E-state index is 0.0377. The number of ether oxygens (including phenoxy) is 1. The summed E-state index contributed by atoms with van der Waals surface area (Å²) in [6, 6.07) is 11.3. The Morgan fingerprint density at radius 2 is 1.97 bits per heavy atom. The molecule has 31 heavy (non-hydrogen) atoms. The molecule has 0 bridgehead atoms. The molecule has 1 amide bonds. The molecular weight excluding hydrogens is 420 g/mol. The zero-order valence-electron chi connectivity index (χ0n) is 17.1. The summed E-state index contributed by atoms with van der Waals surface area (Å²) in [7, 11) is 0. The van der Waals surface area contributed by atoms with Crippen LogP contribution in [-0.4, -0.2) is 45.3 Å². The Hall–Kier alpha value is -2.87. The van der Waals surface area contributed by atoms with Crippen molar-refractivity contribution in [3.8, 4) is 11.4 Å². The van der Waals surface area contributed by atoms with Crippen molar-refractivity contribution in [1.82, 2.24) is 14.5 Å². The number of amides is 1. The normalized spacial score (nSPS) is 14.6. The fourth-order valence-electron chi connectivity index (χ4n) is 3.60. The molecule has 0 spiro atoms. The van der Waals surface area contributed by atoms with Gasteiger partial charge in [-0.25, -0.2) is 13.8 Å². The molecule has 2 heterocycles. The van der Waals surface area contributed by atoms with Crippen molar-refractivity contribution in [3.63, 3.8) is 0 Å². The minimum atomic E-state index is -0.709. The van der Waals surface area contributed by atoms with Crippen molar-refractivity contribution in [3.05, 3.63) is 72.1 Å². The number of likely N-dealkylation sites (tertiary alicyclic amines) is 1. The van der Waals surface area contributed by atoms with Crippen molar-refractivity contribution < 1.29 is 18.3 Å².